The van der Waals surface area contributed by atoms with Crippen molar-refractivity contribution in [3.8, 4) is 0 Å². The van der Waals surface area contributed by atoms with Gasteiger partial charge in [-0.25, -0.2) is 4.98 Å². The van der Waals surface area contributed by atoms with E-state index in [4.69, 9.17) is 0 Å². The van der Waals surface area contributed by atoms with Crippen LogP contribution < -0.4 is 0 Å². The summed E-state index contributed by atoms with van der Waals surface area (Å²) in [7, 11) is 0. The number of thiazole rings is 1. The molecule has 3 unspecified atom stereocenters. The van der Waals surface area contributed by atoms with Crippen LogP contribution in [-0.4, -0.2) is 16.2 Å². The molecule has 1 aromatic carbocycles. The zero-order valence-corrected chi connectivity index (χ0v) is 11.5. The average Bonchev–Trinajstić information content (AvgIpc) is 2.94. The molecule has 3 heteroatoms. The highest BCUT2D eigenvalue weighted by molar-refractivity contribution is 7.18. The van der Waals surface area contributed by atoms with Gasteiger partial charge in [0.15, 0.2) is 0 Å². The molecule has 3 rings (SSSR count). The summed E-state index contributed by atoms with van der Waals surface area (Å²) >= 11 is 1.71. The van der Waals surface area contributed by atoms with Crippen molar-refractivity contribution in [2.24, 2.45) is 11.8 Å². The van der Waals surface area contributed by atoms with Crippen molar-refractivity contribution < 1.29 is 5.11 Å². The Kier molecular flexibility index (Phi) is 3.35. The molecule has 1 aromatic heterocycles. The summed E-state index contributed by atoms with van der Waals surface area (Å²) in [5.74, 6) is 1.13. The van der Waals surface area contributed by atoms with Crippen molar-refractivity contribution in [3.63, 3.8) is 0 Å². The van der Waals surface area contributed by atoms with Crippen LogP contribution in [0.4, 0.5) is 0 Å². The molecule has 0 aliphatic heterocycles. The Morgan fingerprint density at radius 3 is 2.94 bits per heavy atom. The fourth-order valence-corrected chi connectivity index (χ4v) is 4.10. The minimum absolute atomic E-state index is 0.219. The predicted molar refractivity (Wildman–Crippen MR) is 75.8 cm³/mol. The van der Waals surface area contributed by atoms with Crippen LogP contribution in [0.1, 0.15) is 31.2 Å². The van der Waals surface area contributed by atoms with Gasteiger partial charge in [-0.15, -0.1) is 11.3 Å². The molecule has 1 fully saturated rings. The summed E-state index contributed by atoms with van der Waals surface area (Å²) in [6.07, 6.45) is 4.20. The van der Waals surface area contributed by atoms with Gasteiger partial charge in [0.05, 0.1) is 21.3 Å². The first-order valence-electron chi connectivity index (χ1n) is 6.76. The van der Waals surface area contributed by atoms with Gasteiger partial charge in [0.2, 0.25) is 0 Å². The van der Waals surface area contributed by atoms with Gasteiger partial charge in [-0.3, -0.25) is 0 Å². The van der Waals surface area contributed by atoms with E-state index in [0.717, 1.165) is 10.5 Å². The zero-order valence-electron chi connectivity index (χ0n) is 10.7. The van der Waals surface area contributed by atoms with E-state index >= 15 is 0 Å². The van der Waals surface area contributed by atoms with E-state index in [-0.39, 0.29) is 6.10 Å². The maximum atomic E-state index is 10.4. The smallest absolute Gasteiger partial charge is 0.0964 e. The van der Waals surface area contributed by atoms with Crippen LogP contribution in [0.5, 0.6) is 0 Å². The average molecular weight is 261 g/mol. The third kappa shape index (κ3) is 2.29. The van der Waals surface area contributed by atoms with E-state index in [9.17, 15) is 5.11 Å². The number of fused-ring (bicyclic) bond motifs is 1. The quantitative estimate of drug-likeness (QED) is 0.915. The van der Waals surface area contributed by atoms with Crippen molar-refractivity contribution in [2.45, 2.75) is 38.7 Å². The second-order valence-corrected chi connectivity index (χ2v) is 6.53. The Hall–Kier alpha value is -0.930. The van der Waals surface area contributed by atoms with Gasteiger partial charge in [0.25, 0.3) is 0 Å². The van der Waals surface area contributed by atoms with Gasteiger partial charge in [-0.1, -0.05) is 31.9 Å². The lowest BCUT2D eigenvalue weighted by Gasteiger charge is -2.21. The van der Waals surface area contributed by atoms with Gasteiger partial charge in [-0.2, -0.15) is 0 Å². The molecule has 1 aliphatic carbocycles. The van der Waals surface area contributed by atoms with E-state index < -0.39 is 0 Å². The first kappa shape index (κ1) is 12.1. The molecule has 18 heavy (non-hydrogen) atoms. The molecule has 1 aliphatic rings. The number of hydrogen-bond donors (Lipinski definition) is 1. The number of rotatable bonds is 3. The van der Waals surface area contributed by atoms with Gasteiger partial charge in [-0.05, 0) is 30.4 Å². The molecule has 0 radical (unpaired) electrons. The van der Waals surface area contributed by atoms with Crippen molar-refractivity contribution in [3.05, 3.63) is 29.3 Å². The van der Waals surface area contributed by atoms with Crippen LogP contribution >= 0.6 is 11.3 Å². The molecule has 1 N–H and O–H groups in total. The lowest BCUT2D eigenvalue weighted by Crippen LogP contribution is -2.24. The molecule has 2 nitrogen and oxygen atoms in total. The molecule has 0 saturated heterocycles. The van der Waals surface area contributed by atoms with Crippen LogP contribution in [0.25, 0.3) is 10.2 Å². The number of aromatic nitrogens is 1. The molecule has 1 saturated carbocycles. The highest BCUT2D eigenvalue weighted by Gasteiger charge is 2.30. The third-order valence-corrected chi connectivity index (χ3v) is 5.20. The van der Waals surface area contributed by atoms with Gasteiger partial charge in [0.1, 0.15) is 0 Å². The number of aliphatic hydroxyl groups is 1. The first-order valence-corrected chi connectivity index (χ1v) is 7.58. The zero-order chi connectivity index (χ0) is 12.5. The first-order chi connectivity index (χ1) is 8.74. The van der Waals surface area contributed by atoms with E-state index in [1.165, 1.54) is 24.0 Å². The fourth-order valence-electron chi connectivity index (χ4n) is 3.08. The number of hydrogen-bond acceptors (Lipinski definition) is 3. The number of benzene rings is 1. The molecule has 0 spiro atoms. The van der Waals surface area contributed by atoms with Crippen LogP contribution in [0.3, 0.4) is 0 Å². The molecular formula is C15H19NOS. The summed E-state index contributed by atoms with van der Waals surface area (Å²) in [6.45, 7) is 2.26. The number of nitrogens with zero attached hydrogens (tertiary/aromatic N) is 1. The summed E-state index contributed by atoms with van der Waals surface area (Å²) < 4.78 is 1.22. The van der Waals surface area contributed by atoms with E-state index in [1.54, 1.807) is 11.3 Å². The Balaban J connectivity index is 1.75. The third-order valence-electron chi connectivity index (χ3n) is 4.14. The molecule has 0 bridgehead atoms. The Morgan fingerprint density at radius 1 is 1.39 bits per heavy atom. The van der Waals surface area contributed by atoms with E-state index in [0.29, 0.717) is 18.3 Å². The van der Waals surface area contributed by atoms with Gasteiger partial charge >= 0.3 is 0 Å². The number of aliphatic hydroxyl groups excluding tert-OH is 1. The summed E-state index contributed by atoms with van der Waals surface area (Å²) in [5.41, 5.74) is 1.06. The lowest BCUT2D eigenvalue weighted by atomic mass is 9.91. The molecule has 1 heterocycles. The van der Waals surface area contributed by atoms with Crippen molar-refractivity contribution >= 4 is 21.6 Å². The molecule has 3 atom stereocenters. The second-order valence-electron chi connectivity index (χ2n) is 5.42. The maximum Gasteiger partial charge on any atom is 0.0964 e. The summed E-state index contributed by atoms with van der Waals surface area (Å²) in [4.78, 5) is 4.61. The Labute approximate surface area is 112 Å². The Morgan fingerprint density at radius 2 is 2.22 bits per heavy atom. The van der Waals surface area contributed by atoms with E-state index in [2.05, 4.69) is 18.0 Å². The highest BCUT2D eigenvalue weighted by Crippen LogP contribution is 2.35. The minimum Gasteiger partial charge on any atom is -0.392 e. The Bertz CT molecular complexity index is 503. The van der Waals surface area contributed by atoms with Crippen LogP contribution in [0.2, 0.25) is 0 Å². The maximum absolute atomic E-state index is 10.4. The minimum atomic E-state index is -0.219. The largest absolute Gasteiger partial charge is 0.392 e. The predicted octanol–water partition coefficient (Wildman–Crippen LogP) is 3.64. The van der Waals surface area contributed by atoms with Crippen LogP contribution in [0, 0.1) is 11.8 Å². The fraction of sp³-hybridized carbons (Fsp3) is 0.533. The van der Waals surface area contributed by atoms with Crippen molar-refractivity contribution in [1.82, 2.24) is 4.98 Å². The second kappa shape index (κ2) is 4.98. The van der Waals surface area contributed by atoms with Crippen molar-refractivity contribution in [1.29, 1.82) is 0 Å². The van der Waals surface area contributed by atoms with Gasteiger partial charge in [0, 0.05) is 6.42 Å². The molecular weight excluding hydrogens is 242 g/mol. The monoisotopic (exact) mass is 261 g/mol. The van der Waals surface area contributed by atoms with E-state index in [1.807, 2.05) is 18.2 Å². The lowest BCUT2D eigenvalue weighted by molar-refractivity contribution is 0.0901. The summed E-state index contributed by atoms with van der Waals surface area (Å²) in [6, 6.07) is 8.20. The van der Waals surface area contributed by atoms with Crippen LogP contribution in [0.15, 0.2) is 24.3 Å². The SMILES string of the molecule is CC1CCCC1C(O)Cc1nc2ccccc2s1. The molecule has 2 aromatic rings. The highest BCUT2D eigenvalue weighted by atomic mass is 32.1. The van der Waals surface area contributed by atoms with Crippen molar-refractivity contribution in [2.75, 3.05) is 0 Å². The summed E-state index contributed by atoms with van der Waals surface area (Å²) in [5, 5.41) is 11.4. The molecule has 0 amide bonds. The normalized spacial score (nSPS) is 25.7. The van der Waals surface area contributed by atoms with Crippen LogP contribution in [-0.2, 0) is 6.42 Å². The number of para-hydroxylation sites is 1. The standard InChI is InChI=1S/C15H19NOS/c1-10-5-4-6-11(10)13(17)9-15-16-12-7-2-3-8-14(12)18-15/h2-3,7-8,10-11,13,17H,4-6,9H2,1H3. The van der Waals surface area contributed by atoms with Gasteiger partial charge < -0.3 is 5.11 Å². The topological polar surface area (TPSA) is 33.1 Å². The molecule has 96 valence electrons.